The van der Waals surface area contributed by atoms with Crippen LogP contribution in [-0.2, 0) is 20.8 Å². The van der Waals surface area contributed by atoms with E-state index in [4.69, 9.17) is 14.0 Å². The van der Waals surface area contributed by atoms with Gasteiger partial charge in [0, 0.05) is 51.3 Å². The third kappa shape index (κ3) is 3.59. The lowest BCUT2D eigenvalue weighted by Crippen LogP contribution is -2.64. The molecule has 1 spiro atoms. The average Bonchev–Trinajstić information content (AvgIpc) is 3.28. The second kappa shape index (κ2) is 7.05. The number of rotatable bonds is 6. The van der Waals surface area contributed by atoms with Crippen LogP contribution in [0.5, 0.6) is 0 Å². The predicted octanol–water partition coefficient (Wildman–Crippen LogP) is 1.21. The van der Waals surface area contributed by atoms with Gasteiger partial charge < -0.3 is 18.9 Å². The minimum Gasteiger partial charge on any atom is -0.372 e. The van der Waals surface area contributed by atoms with E-state index in [1.165, 1.54) is 0 Å². The summed E-state index contributed by atoms with van der Waals surface area (Å²) in [5.74, 6) is 1.34. The molecule has 0 bridgehead atoms. The van der Waals surface area contributed by atoms with Gasteiger partial charge in [-0.15, -0.1) is 0 Å². The van der Waals surface area contributed by atoms with Crippen molar-refractivity contribution in [2.75, 3.05) is 46.0 Å². The second-order valence-corrected chi connectivity index (χ2v) is 7.58. The number of aryl methyl sites for hydroxylation is 1. The molecule has 0 saturated carbocycles. The molecular formula is C18H27N3O4. The van der Waals surface area contributed by atoms with Crippen molar-refractivity contribution in [3.8, 4) is 0 Å². The highest BCUT2D eigenvalue weighted by molar-refractivity contribution is 5.77. The average molecular weight is 349 g/mol. The summed E-state index contributed by atoms with van der Waals surface area (Å²) in [6.07, 6.45) is 3.24. The maximum atomic E-state index is 12.1. The number of carbonyl (C=O) groups excluding carboxylic acids is 1. The molecule has 0 aliphatic carbocycles. The van der Waals surface area contributed by atoms with Crippen molar-refractivity contribution >= 4 is 5.91 Å². The normalized spacial score (nSPS) is 25.6. The van der Waals surface area contributed by atoms with Gasteiger partial charge >= 0.3 is 0 Å². The molecule has 1 atom stereocenters. The van der Waals surface area contributed by atoms with E-state index in [2.05, 4.69) is 10.1 Å². The molecule has 3 saturated heterocycles. The van der Waals surface area contributed by atoms with Crippen molar-refractivity contribution in [2.45, 2.75) is 38.3 Å². The zero-order valence-corrected chi connectivity index (χ0v) is 14.9. The molecule has 0 aromatic carbocycles. The monoisotopic (exact) mass is 349 g/mol. The van der Waals surface area contributed by atoms with Gasteiger partial charge in [-0.25, -0.2) is 0 Å². The Hall–Kier alpha value is -1.44. The van der Waals surface area contributed by atoms with Crippen molar-refractivity contribution in [1.82, 2.24) is 15.0 Å². The molecule has 4 rings (SSSR count). The van der Waals surface area contributed by atoms with Crippen molar-refractivity contribution in [1.29, 1.82) is 0 Å². The van der Waals surface area contributed by atoms with Crippen molar-refractivity contribution in [2.24, 2.45) is 5.92 Å². The second-order valence-electron chi connectivity index (χ2n) is 7.58. The number of amides is 1. The summed E-state index contributed by atoms with van der Waals surface area (Å²) in [5.41, 5.74) is 0.865. The van der Waals surface area contributed by atoms with Crippen molar-refractivity contribution in [3.63, 3.8) is 0 Å². The van der Waals surface area contributed by atoms with Gasteiger partial charge in [0.25, 0.3) is 0 Å². The fourth-order valence-electron chi connectivity index (χ4n) is 4.26. The van der Waals surface area contributed by atoms with Gasteiger partial charge in [0.05, 0.1) is 17.9 Å². The molecule has 1 aromatic heterocycles. The molecule has 0 unspecified atom stereocenters. The van der Waals surface area contributed by atoms with Crippen LogP contribution in [0.25, 0.3) is 0 Å². The Morgan fingerprint density at radius 2 is 2.20 bits per heavy atom. The van der Waals surface area contributed by atoms with Gasteiger partial charge in [0.2, 0.25) is 5.91 Å². The Labute approximate surface area is 148 Å². The highest BCUT2D eigenvalue weighted by Gasteiger charge is 2.53. The van der Waals surface area contributed by atoms with E-state index in [9.17, 15) is 4.79 Å². The van der Waals surface area contributed by atoms with Crippen LogP contribution in [0.4, 0.5) is 0 Å². The Bertz CT molecular complexity index is 605. The first-order valence-electron chi connectivity index (χ1n) is 9.29. The first-order chi connectivity index (χ1) is 12.1. The number of hydrogen-bond acceptors (Lipinski definition) is 6. The summed E-state index contributed by atoms with van der Waals surface area (Å²) in [7, 11) is 0. The van der Waals surface area contributed by atoms with Crippen LogP contribution in [-0.4, -0.2) is 72.5 Å². The molecule has 1 aromatic rings. The molecule has 1 amide bonds. The predicted molar refractivity (Wildman–Crippen MR) is 89.9 cm³/mol. The molecule has 0 radical (unpaired) electrons. The van der Waals surface area contributed by atoms with E-state index >= 15 is 0 Å². The first kappa shape index (κ1) is 17.0. The number of ether oxygens (including phenoxy) is 2. The van der Waals surface area contributed by atoms with E-state index in [0.717, 1.165) is 70.0 Å². The van der Waals surface area contributed by atoms with Crippen LogP contribution in [0.2, 0.25) is 0 Å². The standard InChI is InChI=1S/C18H27N3O4/c1-14-8-16(19-25-14)9-20-12-18(13-20)15(4-7-24-18)10-23-11-17(22)21-5-2-3-6-21/h8,15H,2-7,9-13H2,1H3/t15-/m1/s1. The molecule has 25 heavy (non-hydrogen) atoms. The highest BCUT2D eigenvalue weighted by Crippen LogP contribution is 2.40. The lowest BCUT2D eigenvalue weighted by Gasteiger charge is -2.50. The van der Waals surface area contributed by atoms with E-state index in [0.29, 0.717) is 12.5 Å². The lowest BCUT2D eigenvalue weighted by molar-refractivity contribution is -0.151. The molecule has 7 nitrogen and oxygen atoms in total. The third-order valence-corrected chi connectivity index (χ3v) is 5.65. The molecule has 3 aliphatic rings. The molecule has 7 heteroatoms. The van der Waals surface area contributed by atoms with Gasteiger partial charge in [0.1, 0.15) is 12.4 Å². The Morgan fingerprint density at radius 1 is 1.40 bits per heavy atom. The SMILES string of the molecule is Cc1cc(CN2CC3(C2)OCC[C@@H]3COCC(=O)N2CCCC2)no1. The maximum absolute atomic E-state index is 12.1. The summed E-state index contributed by atoms with van der Waals surface area (Å²) in [4.78, 5) is 16.3. The molecule has 3 fully saturated rings. The van der Waals surface area contributed by atoms with Gasteiger partial charge in [0.15, 0.2) is 0 Å². The summed E-state index contributed by atoms with van der Waals surface area (Å²) in [6.45, 7) is 7.86. The quantitative estimate of drug-likeness (QED) is 0.769. The van der Waals surface area contributed by atoms with Crippen LogP contribution in [0, 0.1) is 12.8 Å². The molecule has 138 valence electrons. The minimum atomic E-state index is -0.102. The van der Waals surface area contributed by atoms with Gasteiger partial charge in [-0.3, -0.25) is 9.69 Å². The highest BCUT2D eigenvalue weighted by atomic mass is 16.5. The van der Waals surface area contributed by atoms with Gasteiger partial charge in [-0.1, -0.05) is 5.16 Å². The van der Waals surface area contributed by atoms with Crippen LogP contribution in [0.3, 0.4) is 0 Å². The summed E-state index contributed by atoms with van der Waals surface area (Å²) >= 11 is 0. The van der Waals surface area contributed by atoms with E-state index < -0.39 is 0 Å². The number of hydrogen-bond donors (Lipinski definition) is 0. The Balaban J connectivity index is 1.22. The number of carbonyl (C=O) groups is 1. The van der Waals surface area contributed by atoms with Crippen LogP contribution in [0.15, 0.2) is 10.6 Å². The summed E-state index contributed by atoms with van der Waals surface area (Å²) in [6, 6.07) is 1.98. The van der Waals surface area contributed by atoms with Crippen LogP contribution >= 0.6 is 0 Å². The van der Waals surface area contributed by atoms with Gasteiger partial charge in [-0.05, 0) is 26.2 Å². The summed E-state index contributed by atoms with van der Waals surface area (Å²) in [5, 5.41) is 4.05. The van der Waals surface area contributed by atoms with E-state index in [-0.39, 0.29) is 18.1 Å². The first-order valence-corrected chi connectivity index (χ1v) is 9.29. The fraction of sp³-hybridized carbons (Fsp3) is 0.778. The smallest absolute Gasteiger partial charge is 0.248 e. The Morgan fingerprint density at radius 3 is 2.92 bits per heavy atom. The maximum Gasteiger partial charge on any atom is 0.248 e. The number of nitrogens with zero attached hydrogens (tertiary/aromatic N) is 3. The third-order valence-electron chi connectivity index (χ3n) is 5.65. The topological polar surface area (TPSA) is 68.0 Å². The van der Waals surface area contributed by atoms with Crippen LogP contribution < -0.4 is 0 Å². The minimum absolute atomic E-state index is 0.102. The van der Waals surface area contributed by atoms with E-state index in [1.54, 1.807) is 0 Å². The molecule has 0 N–H and O–H groups in total. The van der Waals surface area contributed by atoms with E-state index in [1.807, 2.05) is 17.9 Å². The number of aromatic nitrogens is 1. The largest absolute Gasteiger partial charge is 0.372 e. The Kier molecular flexibility index (Phi) is 4.80. The van der Waals surface area contributed by atoms with Gasteiger partial charge in [-0.2, -0.15) is 0 Å². The zero-order valence-electron chi connectivity index (χ0n) is 14.9. The molecule has 3 aliphatic heterocycles. The molecule has 4 heterocycles. The number of likely N-dealkylation sites (tertiary alicyclic amines) is 2. The van der Waals surface area contributed by atoms with Crippen molar-refractivity contribution in [3.05, 3.63) is 17.5 Å². The zero-order chi connectivity index (χ0) is 17.3. The molecular weight excluding hydrogens is 322 g/mol. The fourth-order valence-corrected chi connectivity index (χ4v) is 4.26. The summed E-state index contributed by atoms with van der Waals surface area (Å²) < 4.78 is 16.9. The van der Waals surface area contributed by atoms with Crippen molar-refractivity contribution < 1.29 is 18.8 Å². The lowest BCUT2D eigenvalue weighted by atomic mass is 9.81. The van der Waals surface area contributed by atoms with Crippen LogP contribution in [0.1, 0.15) is 30.7 Å².